The molecule has 1 N–H and O–H groups in total. The fourth-order valence-corrected chi connectivity index (χ4v) is 2.80. The summed E-state index contributed by atoms with van der Waals surface area (Å²) in [5.74, 6) is 0.444. The monoisotopic (exact) mass is 303 g/mol. The summed E-state index contributed by atoms with van der Waals surface area (Å²) < 4.78 is 2.04. The van der Waals surface area contributed by atoms with Crippen molar-refractivity contribution in [3.05, 3.63) is 41.7 Å². The third-order valence-corrected chi connectivity index (χ3v) is 4.10. The first kappa shape index (κ1) is 15.6. The Morgan fingerprint density at radius 1 is 1.38 bits per heavy atom. The SMILES string of the molecule is CCCNC(=O)CSc1nccn1-c1cc(C)ccc1C. The number of hydrogen-bond acceptors (Lipinski definition) is 3. The average Bonchev–Trinajstić information content (AvgIpc) is 2.93. The topological polar surface area (TPSA) is 46.9 Å². The van der Waals surface area contributed by atoms with Gasteiger partial charge in [0.05, 0.1) is 11.4 Å². The maximum Gasteiger partial charge on any atom is 0.230 e. The molecule has 1 aromatic carbocycles. The molecule has 0 saturated carbocycles. The van der Waals surface area contributed by atoms with Gasteiger partial charge in [0.25, 0.3) is 0 Å². The van der Waals surface area contributed by atoms with Crippen LogP contribution in [0.1, 0.15) is 24.5 Å². The number of benzene rings is 1. The molecule has 21 heavy (non-hydrogen) atoms. The second-order valence-electron chi connectivity index (χ2n) is 5.01. The van der Waals surface area contributed by atoms with Gasteiger partial charge in [0.2, 0.25) is 5.91 Å². The Morgan fingerprint density at radius 3 is 2.95 bits per heavy atom. The molecule has 0 aliphatic rings. The van der Waals surface area contributed by atoms with Crippen LogP contribution in [0.2, 0.25) is 0 Å². The number of imidazole rings is 1. The molecule has 2 rings (SSSR count). The molecule has 0 saturated heterocycles. The van der Waals surface area contributed by atoms with Crippen molar-refractivity contribution in [2.45, 2.75) is 32.3 Å². The number of hydrogen-bond donors (Lipinski definition) is 1. The van der Waals surface area contributed by atoms with E-state index in [4.69, 9.17) is 0 Å². The molecule has 0 radical (unpaired) electrons. The van der Waals surface area contributed by atoms with Gasteiger partial charge in [0.1, 0.15) is 0 Å². The molecule has 0 unspecified atom stereocenters. The summed E-state index contributed by atoms with van der Waals surface area (Å²) in [7, 11) is 0. The summed E-state index contributed by atoms with van der Waals surface area (Å²) in [6.07, 6.45) is 4.66. The van der Waals surface area contributed by atoms with E-state index in [1.54, 1.807) is 6.20 Å². The standard InChI is InChI=1S/C16H21N3OS/c1-4-7-17-15(20)11-21-16-18-8-9-19(16)14-10-12(2)5-6-13(14)3/h5-6,8-10H,4,7,11H2,1-3H3,(H,17,20). The smallest absolute Gasteiger partial charge is 0.230 e. The van der Waals surface area contributed by atoms with Gasteiger partial charge < -0.3 is 5.32 Å². The minimum atomic E-state index is 0.0531. The van der Waals surface area contributed by atoms with Gasteiger partial charge >= 0.3 is 0 Å². The number of aromatic nitrogens is 2. The lowest BCUT2D eigenvalue weighted by atomic mass is 10.1. The zero-order valence-electron chi connectivity index (χ0n) is 12.7. The summed E-state index contributed by atoms with van der Waals surface area (Å²) in [5.41, 5.74) is 3.51. The van der Waals surface area contributed by atoms with Crippen LogP contribution in [0.25, 0.3) is 5.69 Å². The summed E-state index contributed by atoms with van der Waals surface area (Å²) in [6, 6.07) is 6.34. The highest BCUT2D eigenvalue weighted by atomic mass is 32.2. The molecule has 0 aliphatic heterocycles. The fraction of sp³-hybridized carbons (Fsp3) is 0.375. The molecule has 1 aromatic heterocycles. The van der Waals surface area contributed by atoms with E-state index in [0.717, 1.165) is 23.8 Å². The molecule has 2 aromatic rings. The zero-order chi connectivity index (χ0) is 15.2. The van der Waals surface area contributed by atoms with Gasteiger partial charge in [-0.15, -0.1) is 0 Å². The zero-order valence-corrected chi connectivity index (χ0v) is 13.5. The third kappa shape index (κ3) is 4.11. The van der Waals surface area contributed by atoms with E-state index in [2.05, 4.69) is 42.3 Å². The van der Waals surface area contributed by atoms with Crippen molar-refractivity contribution in [2.24, 2.45) is 0 Å². The van der Waals surface area contributed by atoms with Crippen molar-refractivity contribution in [1.29, 1.82) is 0 Å². The van der Waals surface area contributed by atoms with Crippen LogP contribution in [0.15, 0.2) is 35.7 Å². The van der Waals surface area contributed by atoms with Crippen LogP contribution in [0.3, 0.4) is 0 Å². The van der Waals surface area contributed by atoms with E-state index >= 15 is 0 Å². The van der Waals surface area contributed by atoms with E-state index in [-0.39, 0.29) is 5.91 Å². The Labute approximate surface area is 130 Å². The first-order valence-electron chi connectivity index (χ1n) is 7.12. The van der Waals surface area contributed by atoms with E-state index in [1.807, 2.05) is 17.7 Å². The van der Waals surface area contributed by atoms with Crippen molar-refractivity contribution >= 4 is 17.7 Å². The lowest BCUT2D eigenvalue weighted by Gasteiger charge is -2.11. The number of carbonyl (C=O) groups excluding carboxylic acids is 1. The van der Waals surface area contributed by atoms with Crippen molar-refractivity contribution in [2.75, 3.05) is 12.3 Å². The van der Waals surface area contributed by atoms with E-state index in [0.29, 0.717) is 5.75 Å². The molecule has 0 spiro atoms. The normalized spacial score (nSPS) is 10.6. The summed E-state index contributed by atoms with van der Waals surface area (Å²) in [4.78, 5) is 16.1. The Morgan fingerprint density at radius 2 is 2.19 bits per heavy atom. The molecule has 0 bridgehead atoms. The number of aryl methyl sites for hydroxylation is 2. The highest BCUT2D eigenvalue weighted by molar-refractivity contribution is 7.99. The molecule has 5 heteroatoms. The Kier molecular flexibility index (Phi) is 5.44. The maximum atomic E-state index is 11.7. The van der Waals surface area contributed by atoms with E-state index < -0.39 is 0 Å². The molecule has 1 heterocycles. The molecular formula is C16H21N3OS. The quantitative estimate of drug-likeness (QED) is 0.834. The lowest BCUT2D eigenvalue weighted by Crippen LogP contribution is -2.25. The van der Waals surface area contributed by atoms with Crippen molar-refractivity contribution in [1.82, 2.24) is 14.9 Å². The van der Waals surface area contributed by atoms with Crippen LogP contribution in [-0.4, -0.2) is 27.8 Å². The van der Waals surface area contributed by atoms with Gasteiger partial charge in [-0.2, -0.15) is 0 Å². The second-order valence-corrected chi connectivity index (χ2v) is 5.95. The number of thioether (sulfide) groups is 1. The van der Waals surface area contributed by atoms with Gasteiger partial charge in [-0.05, 0) is 37.5 Å². The number of nitrogens with one attached hydrogen (secondary N) is 1. The van der Waals surface area contributed by atoms with Crippen molar-refractivity contribution < 1.29 is 4.79 Å². The van der Waals surface area contributed by atoms with Crippen LogP contribution < -0.4 is 5.32 Å². The van der Waals surface area contributed by atoms with Gasteiger partial charge in [-0.1, -0.05) is 30.8 Å². The Hall–Kier alpha value is -1.75. The highest BCUT2D eigenvalue weighted by Gasteiger charge is 2.10. The Balaban J connectivity index is 2.12. The van der Waals surface area contributed by atoms with Gasteiger partial charge in [0.15, 0.2) is 5.16 Å². The molecule has 0 atom stereocenters. The number of nitrogens with zero attached hydrogens (tertiary/aromatic N) is 2. The lowest BCUT2D eigenvalue weighted by molar-refractivity contribution is -0.118. The van der Waals surface area contributed by atoms with Gasteiger partial charge in [0, 0.05) is 18.9 Å². The summed E-state index contributed by atoms with van der Waals surface area (Å²) >= 11 is 1.46. The van der Waals surface area contributed by atoms with Crippen LogP contribution in [0.5, 0.6) is 0 Å². The first-order valence-corrected chi connectivity index (χ1v) is 8.11. The van der Waals surface area contributed by atoms with Crippen molar-refractivity contribution in [3.63, 3.8) is 0 Å². The average molecular weight is 303 g/mol. The fourth-order valence-electron chi connectivity index (χ4n) is 2.00. The molecule has 0 aliphatic carbocycles. The van der Waals surface area contributed by atoms with Crippen LogP contribution >= 0.6 is 11.8 Å². The predicted molar refractivity (Wildman–Crippen MR) is 87.1 cm³/mol. The van der Waals surface area contributed by atoms with Gasteiger partial charge in [-0.3, -0.25) is 9.36 Å². The minimum absolute atomic E-state index is 0.0531. The van der Waals surface area contributed by atoms with Crippen LogP contribution in [0, 0.1) is 13.8 Å². The van der Waals surface area contributed by atoms with E-state index in [1.165, 1.54) is 22.9 Å². The van der Waals surface area contributed by atoms with E-state index in [9.17, 15) is 4.79 Å². The first-order chi connectivity index (χ1) is 10.1. The number of amides is 1. The molecular weight excluding hydrogens is 282 g/mol. The van der Waals surface area contributed by atoms with Gasteiger partial charge in [-0.25, -0.2) is 4.98 Å². The molecule has 1 amide bonds. The minimum Gasteiger partial charge on any atom is -0.355 e. The molecule has 4 nitrogen and oxygen atoms in total. The largest absolute Gasteiger partial charge is 0.355 e. The number of carbonyl (C=O) groups is 1. The molecule has 112 valence electrons. The predicted octanol–water partition coefficient (Wildman–Crippen LogP) is 3.11. The highest BCUT2D eigenvalue weighted by Crippen LogP contribution is 2.23. The van der Waals surface area contributed by atoms with Crippen molar-refractivity contribution in [3.8, 4) is 5.69 Å². The summed E-state index contributed by atoms with van der Waals surface area (Å²) in [6.45, 7) is 6.92. The molecule has 0 fully saturated rings. The second kappa shape index (κ2) is 7.31. The summed E-state index contributed by atoms with van der Waals surface area (Å²) in [5, 5.41) is 3.72. The van der Waals surface area contributed by atoms with Crippen LogP contribution in [-0.2, 0) is 4.79 Å². The van der Waals surface area contributed by atoms with Crippen LogP contribution in [0.4, 0.5) is 0 Å². The number of rotatable bonds is 6. The third-order valence-electron chi connectivity index (χ3n) is 3.14. The Bertz CT molecular complexity index is 622. The maximum absolute atomic E-state index is 11.7.